The van der Waals surface area contributed by atoms with Crippen molar-refractivity contribution in [3.8, 4) is 0 Å². The van der Waals surface area contributed by atoms with Crippen molar-refractivity contribution >= 4 is 5.97 Å². The van der Waals surface area contributed by atoms with Gasteiger partial charge in [0, 0.05) is 5.57 Å². The van der Waals surface area contributed by atoms with E-state index >= 15 is 0 Å². The first-order valence-corrected chi connectivity index (χ1v) is 10.0. The number of ether oxygens (including phenoxy) is 1. The topological polar surface area (TPSA) is 26.3 Å². The van der Waals surface area contributed by atoms with Crippen LogP contribution >= 0.6 is 0 Å². The van der Waals surface area contributed by atoms with Gasteiger partial charge in [0.2, 0.25) is 0 Å². The molecule has 0 aromatic carbocycles. The van der Waals surface area contributed by atoms with Crippen molar-refractivity contribution in [1.29, 1.82) is 0 Å². The molecular weight excluding hydrogens is 284 g/mol. The third-order valence-electron chi connectivity index (χ3n) is 4.49. The smallest absolute Gasteiger partial charge is 0.333 e. The minimum atomic E-state index is -0.165. The van der Waals surface area contributed by atoms with E-state index in [4.69, 9.17) is 4.74 Å². The number of hydrogen-bond donors (Lipinski definition) is 0. The highest BCUT2D eigenvalue weighted by atomic mass is 16.5. The lowest BCUT2D eigenvalue weighted by molar-refractivity contribution is -0.139. The van der Waals surface area contributed by atoms with Crippen LogP contribution in [-0.2, 0) is 9.53 Å². The van der Waals surface area contributed by atoms with Crippen LogP contribution in [0.4, 0.5) is 0 Å². The maximum atomic E-state index is 11.4. The summed E-state index contributed by atoms with van der Waals surface area (Å²) in [6.07, 6.45) is 20.7. The summed E-state index contributed by atoms with van der Waals surface area (Å²) in [7, 11) is 0. The number of unbranched alkanes of at least 4 members (excludes halogenated alkanes) is 13. The standard InChI is InChI=1S/C21H40O2/c1-4-6-7-8-9-10-11-12-13-14-15-16-17-18-19-23-21(22)20(3)5-2/h5H,4,6-19H2,1-3H3/b20-5+. The minimum absolute atomic E-state index is 0.165. The lowest BCUT2D eigenvalue weighted by atomic mass is 10.0. The van der Waals surface area contributed by atoms with Crippen molar-refractivity contribution < 1.29 is 9.53 Å². The van der Waals surface area contributed by atoms with Gasteiger partial charge in [0.25, 0.3) is 0 Å². The van der Waals surface area contributed by atoms with Crippen LogP contribution in [0, 0.1) is 0 Å². The van der Waals surface area contributed by atoms with Gasteiger partial charge in [-0.25, -0.2) is 4.79 Å². The van der Waals surface area contributed by atoms with Crippen LogP contribution in [0.5, 0.6) is 0 Å². The second kappa shape index (κ2) is 17.6. The second-order valence-corrected chi connectivity index (χ2v) is 6.70. The Balaban J connectivity index is 3.12. The molecule has 0 aliphatic carbocycles. The molecule has 0 aliphatic heterocycles. The second-order valence-electron chi connectivity index (χ2n) is 6.70. The molecule has 0 heterocycles. The molecule has 136 valence electrons. The molecule has 0 rings (SSSR count). The number of carbonyl (C=O) groups is 1. The van der Waals surface area contributed by atoms with Crippen molar-refractivity contribution in [2.45, 2.75) is 111 Å². The molecule has 0 amide bonds. The lowest BCUT2D eigenvalue weighted by Crippen LogP contribution is -2.06. The van der Waals surface area contributed by atoms with Crippen LogP contribution in [0.2, 0.25) is 0 Å². The van der Waals surface area contributed by atoms with E-state index in [1.807, 2.05) is 6.92 Å². The van der Waals surface area contributed by atoms with E-state index < -0.39 is 0 Å². The van der Waals surface area contributed by atoms with Gasteiger partial charge in [-0.15, -0.1) is 0 Å². The van der Waals surface area contributed by atoms with Crippen LogP contribution in [0.1, 0.15) is 111 Å². The first-order chi connectivity index (χ1) is 11.2. The fraction of sp³-hybridized carbons (Fsp3) is 0.857. The van der Waals surface area contributed by atoms with E-state index in [0.29, 0.717) is 12.2 Å². The van der Waals surface area contributed by atoms with Gasteiger partial charge in [0.05, 0.1) is 6.61 Å². The van der Waals surface area contributed by atoms with E-state index in [1.54, 1.807) is 13.0 Å². The van der Waals surface area contributed by atoms with Crippen LogP contribution in [0.25, 0.3) is 0 Å². The van der Waals surface area contributed by atoms with Crippen LogP contribution in [-0.4, -0.2) is 12.6 Å². The van der Waals surface area contributed by atoms with E-state index in [-0.39, 0.29) is 5.97 Å². The molecular formula is C21H40O2. The summed E-state index contributed by atoms with van der Waals surface area (Å²) in [6, 6.07) is 0. The summed E-state index contributed by atoms with van der Waals surface area (Å²) in [5.41, 5.74) is 0.704. The zero-order chi connectivity index (χ0) is 17.2. The van der Waals surface area contributed by atoms with Crippen molar-refractivity contribution in [3.63, 3.8) is 0 Å². The molecule has 0 fully saturated rings. The lowest BCUT2D eigenvalue weighted by Gasteiger charge is -2.05. The first-order valence-electron chi connectivity index (χ1n) is 10.0. The summed E-state index contributed by atoms with van der Waals surface area (Å²) in [4.78, 5) is 11.4. The van der Waals surface area contributed by atoms with Crippen molar-refractivity contribution in [1.82, 2.24) is 0 Å². The molecule has 0 atom stereocenters. The molecule has 0 bridgehead atoms. The van der Waals surface area contributed by atoms with Gasteiger partial charge in [-0.3, -0.25) is 0 Å². The predicted molar refractivity (Wildman–Crippen MR) is 101 cm³/mol. The normalized spacial score (nSPS) is 11.7. The summed E-state index contributed by atoms with van der Waals surface area (Å²) < 4.78 is 5.19. The molecule has 0 N–H and O–H groups in total. The number of rotatable bonds is 16. The Morgan fingerprint density at radius 3 is 1.52 bits per heavy atom. The Hall–Kier alpha value is -0.790. The molecule has 2 heteroatoms. The van der Waals surface area contributed by atoms with Crippen molar-refractivity contribution in [2.75, 3.05) is 6.61 Å². The van der Waals surface area contributed by atoms with Gasteiger partial charge in [0.1, 0.15) is 0 Å². The van der Waals surface area contributed by atoms with Crippen molar-refractivity contribution in [3.05, 3.63) is 11.6 Å². The van der Waals surface area contributed by atoms with Gasteiger partial charge < -0.3 is 4.74 Å². The molecule has 23 heavy (non-hydrogen) atoms. The SMILES string of the molecule is C/C=C(\C)C(=O)OCCCCCCCCCCCCCCCC. The van der Waals surface area contributed by atoms with Gasteiger partial charge in [-0.2, -0.15) is 0 Å². The predicted octanol–water partition coefficient (Wildman–Crippen LogP) is 6.98. The van der Waals surface area contributed by atoms with Crippen LogP contribution in [0.15, 0.2) is 11.6 Å². The van der Waals surface area contributed by atoms with E-state index in [9.17, 15) is 4.79 Å². The number of allylic oxidation sites excluding steroid dienone is 1. The molecule has 0 unspecified atom stereocenters. The maximum absolute atomic E-state index is 11.4. The van der Waals surface area contributed by atoms with Crippen molar-refractivity contribution in [2.24, 2.45) is 0 Å². The van der Waals surface area contributed by atoms with Gasteiger partial charge >= 0.3 is 5.97 Å². The highest BCUT2D eigenvalue weighted by Crippen LogP contribution is 2.13. The largest absolute Gasteiger partial charge is 0.462 e. The Morgan fingerprint density at radius 1 is 0.739 bits per heavy atom. The summed E-state index contributed by atoms with van der Waals surface area (Å²) in [6.45, 7) is 6.51. The van der Waals surface area contributed by atoms with Gasteiger partial charge in [-0.1, -0.05) is 96.5 Å². The third kappa shape index (κ3) is 15.9. The molecule has 0 spiro atoms. The Morgan fingerprint density at radius 2 is 1.13 bits per heavy atom. The first kappa shape index (κ1) is 22.2. The number of hydrogen-bond acceptors (Lipinski definition) is 2. The number of carbonyl (C=O) groups excluding carboxylic acids is 1. The Bertz CT molecular complexity index is 294. The number of esters is 1. The van der Waals surface area contributed by atoms with E-state index in [2.05, 4.69) is 6.92 Å². The molecule has 0 saturated heterocycles. The average Bonchev–Trinajstić information content (AvgIpc) is 2.57. The molecule has 0 aromatic heterocycles. The fourth-order valence-electron chi connectivity index (χ4n) is 2.69. The zero-order valence-electron chi connectivity index (χ0n) is 16.0. The molecule has 0 saturated carbocycles. The summed E-state index contributed by atoms with van der Waals surface area (Å²) >= 11 is 0. The summed E-state index contributed by atoms with van der Waals surface area (Å²) in [5.74, 6) is -0.165. The van der Waals surface area contributed by atoms with E-state index in [0.717, 1.165) is 6.42 Å². The Kier molecular flexibility index (Phi) is 17.0. The fourth-order valence-corrected chi connectivity index (χ4v) is 2.69. The highest BCUT2D eigenvalue weighted by Gasteiger charge is 2.03. The molecule has 2 nitrogen and oxygen atoms in total. The summed E-state index contributed by atoms with van der Waals surface area (Å²) in [5, 5.41) is 0. The van der Waals surface area contributed by atoms with Crippen LogP contribution < -0.4 is 0 Å². The van der Waals surface area contributed by atoms with Crippen LogP contribution in [0.3, 0.4) is 0 Å². The highest BCUT2D eigenvalue weighted by molar-refractivity contribution is 5.87. The quantitative estimate of drug-likeness (QED) is 0.174. The average molecular weight is 325 g/mol. The van der Waals surface area contributed by atoms with Gasteiger partial charge in [-0.05, 0) is 20.3 Å². The van der Waals surface area contributed by atoms with Gasteiger partial charge in [0.15, 0.2) is 0 Å². The molecule has 0 aromatic rings. The molecule has 0 aliphatic rings. The minimum Gasteiger partial charge on any atom is -0.462 e. The van der Waals surface area contributed by atoms with E-state index in [1.165, 1.54) is 83.5 Å². The molecule has 0 radical (unpaired) electrons. The third-order valence-corrected chi connectivity index (χ3v) is 4.49. The maximum Gasteiger partial charge on any atom is 0.333 e. The zero-order valence-corrected chi connectivity index (χ0v) is 16.0. The monoisotopic (exact) mass is 324 g/mol. The Labute approximate surface area is 145 Å².